The van der Waals surface area contributed by atoms with Crippen LogP contribution in [0.15, 0.2) is 32.5 Å². The number of aryl methyl sites for hydroxylation is 2. The SMILES string of the molecule is C/C(=N\c1ccnn1C)c1c(O)cc(C)oc1=O. The Labute approximate surface area is 103 Å². The molecule has 0 spiro atoms. The second-order valence-electron chi connectivity index (χ2n) is 3.91. The molecule has 0 aromatic carbocycles. The molecule has 2 rings (SSSR count). The summed E-state index contributed by atoms with van der Waals surface area (Å²) in [5, 5.41) is 13.7. The molecule has 0 saturated heterocycles. The van der Waals surface area contributed by atoms with Crippen molar-refractivity contribution >= 4 is 11.5 Å². The highest BCUT2D eigenvalue weighted by molar-refractivity contribution is 6.01. The van der Waals surface area contributed by atoms with Gasteiger partial charge >= 0.3 is 5.63 Å². The van der Waals surface area contributed by atoms with E-state index in [1.807, 2.05) is 0 Å². The zero-order chi connectivity index (χ0) is 13.3. The molecule has 2 aromatic heterocycles. The molecule has 2 aromatic rings. The van der Waals surface area contributed by atoms with Crippen LogP contribution in [0.5, 0.6) is 5.75 Å². The van der Waals surface area contributed by atoms with Gasteiger partial charge in [0.1, 0.15) is 22.9 Å². The van der Waals surface area contributed by atoms with Crippen molar-refractivity contribution < 1.29 is 9.52 Å². The summed E-state index contributed by atoms with van der Waals surface area (Å²) in [4.78, 5) is 15.9. The van der Waals surface area contributed by atoms with Crippen molar-refractivity contribution in [3.8, 4) is 5.75 Å². The number of rotatable bonds is 2. The Hall–Kier alpha value is -2.37. The van der Waals surface area contributed by atoms with Gasteiger partial charge in [-0.05, 0) is 13.8 Å². The highest BCUT2D eigenvalue weighted by Gasteiger charge is 2.13. The van der Waals surface area contributed by atoms with E-state index in [4.69, 9.17) is 4.42 Å². The molecule has 18 heavy (non-hydrogen) atoms. The molecule has 0 atom stereocenters. The molecule has 0 aliphatic rings. The van der Waals surface area contributed by atoms with Gasteiger partial charge in [-0.1, -0.05) is 0 Å². The van der Waals surface area contributed by atoms with E-state index in [1.54, 1.807) is 37.8 Å². The molecule has 0 unspecified atom stereocenters. The summed E-state index contributed by atoms with van der Waals surface area (Å²) in [5.41, 5.74) is -0.150. The fraction of sp³-hybridized carbons (Fsp3) is 0.250. The van der Waals surface area contributed by atoms with Crippen molar-refractivity contribution in [2.24, 2.45) is 12.0 Å². The normalized spacial score (nSPS) is 11.8. The third kappa shape index (κ3) is 2.17. The average molecular weight is 247 g/mol. The summed E-state index contributed by atoms with van der Waals surface area (Å²) < 4.78 is 6.51. The lowest BCUT2D eigenvalue weighted by molar-refractivity contribution is 0.432. The molecule has 0 amide bonds. The zero-order valence-electron chi connectivity index (χ0n) is 10.3. The van der Waals surface area contributed by atoms with E-state index in [9.17, 15) is 9.90 Å². The Morgan fingerprint density at radius 1 is 1.56 bits per heavy atom. The molecule has 94 valence electrons. The number of aromatic nitrogens is 2. The van der Waals surface area contributed by atoms with E-state index in [1.165, 1.54) is 6.07 Å². The number of hydrogen-bond donors (Lipinski definition) is 1. The van der Waals surface area contributed by atoms with Crippen molar-refractivity contribution in [3.05, 3.63) is 40.1 Å². The first kappa shape index (κ1) is 12.1. The second kappa shape index (κ2) is 4.48. The maximum absolute atomic E-state index is 11.7. The number of aromatic hydroxyl groups is 1. The molecule has 1 N–H and O–H groups in total. The molecule has 6 heteroatoms. The molecule has 0 bridgehead atoms. The first-order valence-electron chi connectivity index (χ1n) is 5.36. The summed E-state index contributed by atoms with van der Waals surface area (Å²) >= 11 is 0. The summed E-state index contributed by atoms with van der Waals surface area (Å²) in [6, 6.07) is 3.09. The lowest BCUT2D eigenvalue weighted by Crippen LogP contribution is -2.13. The van der Waals surface area contributed by atoms with Crippen molar-refractivity contribution in [1.82, 2.24) is 9.78 Å². The van der Waals surface area contributed by atoms with Crippen LogP contribution in [-0.4, -0.2) is 20.6 Å². The topological polar surface area (TPSA) is 80.6 Å². The molecular weight excluding hydrogens is 234 g/mol. The molecular formula is C12H13N3O3. The van der Waals surface area contributed by atoms with Gasteiger partial charge in [-0.15, -0.1) is 0 Å². The highest BCUT2D eigenvalue weighted by atomic mass is 16.4. The van der Waals surface area contributed by atoms with Crippen LogP contribution >= 0.6 is 0 Å². The van der Waals surface area contributed by atoms with Gasteiger partial charge in [-0.3, -0.25) is 4.68 Å². The summed E-state index contributed by atoms with van der Waals surface area (Å²) in [6.45, 7) is 3.23. The van der Waals surface area contributed by atoms with Crippen molar-refractivity contribution in [3.63, 3.8) is 0 Å². The Morgan fingerprint density at radius 2 is 2.28 bits per heavy atom. The predicted octanol–water partition coefficient (Wildman–Crippen LogP) is 1.53. The molecule has 0 aliphatic heterocycles. The average Bonchev–Trinajstić information content (AvgIpc) is 2.62. The van der Waals surface area contributed by atoms with Gasteiger partial charge in [-0.2, -0.15) is 5.10 Å². The van der Waals surface area contributed by atoms with Gasteiger partial charge in [-0.25, -0.2) is 9.79 Å². The second-order valence-corrected chi connectivity index (χ2v) is 3.91. The predicted molar refractivity (Wildman–Crippen MR) is 66.5 cm³/mol. The van der Waals surface area contributed by atoms with Crippen LogP contribution in [0.1, 0.15) is 18.2 Å². The molecule has 6 nitrogen and oxygen atoms in total. The molecule has 0 fully saturated rings. The molecule has 0 saturated carbocycles. The summed E-state index contributed by atoms with van der Waals surface area (Å²) in [6.07, 6.45) is 1.60. The van der Waals surface area contributed by atoms with Gasteiger partial charge in [0.05, 0.1) is 11.9 Å². The van der Waals surface area contributed by atoms with Crippen LogP contribution in [0.3, 0.4) is 0 Å². The van der Waals surface area contributed by atoms with Crippen LogP contribution in [-0.2, 0) is 7.05 Å². The van der Waals surface area contributed by atoms with Gasteiger partial charge in [0.15, 0.2) is 0 Å². The number of nitrogens with zero attached hydrogens (tertiary/aromatic N) is 3. The Balaban J connectivity index is 2.53. The monoisotopic (exact) mass is 247 g/mol. The van der Waals surface area contributed by atoms with E-state index in [0.29, 0.717) is 17.3 Å². The fourth-order valence-electron chi connectivity index (χ4n) is 1.63. The van der Waals surface area contributed by atoms with Gasteiger partial charge < -0.3 is 9.52 Å². The maximum atomic E-state index is 11.7. The van der Waals surface area contributed by atoms with Crippen molar-refractivity contribution in [1.29, 1.82) is 0 Å². The maximum Gasteiger partial charge on any atom is 0.348 e. The van der Waals surface area contributed by atoms with Crippen molar-refractivity contribution in [2.75, 3.05) is 0 Å². The van der Waals surface area contributed by atoms with Crippen LogP contribution < -0.4 is 5.63 Å². The minimum absolute atomic E-state index is 0.0711. The van der Waals surface area contributed by atoms with Crippen LogP contribution in [0.2, 0.25) is 0 Å². The van der Waals surface area contributed by atoms with Crippen LogP contribution in [0, 0.1) is 6.92 Å². The third-order valence-electron chi connectivity index (χ3n) is 2.49. The Bertz CT molecular complexity index is 667. The number of aliphatic imine (C=N–C) groups is 1. The van der Waals surface area contributed by atoms with Gasteiger partial charge in [0, 0.05) is 19.2 Å². The highest BCUT2D eigenvalue weighted by Crippen LogP contribution is 2.18. The molecule has 2 heterocycles. The molecule has 0 radical (unpaired) electrons. The largest absolute Gasteiger partial charge is 0.507 e. The lowest BCUT2D eigenvalue weighted by atomic mass is 10.1. The van der Waals surface area contributed by atoms with Gasteiger partial charge in [0.25, 0.3) is 0 Å². The zero-order valence-corrected chi connectivity index (χ0v) is 10.3. The van der Waals surface area contributed by atoms with E-state index in [2.05, 4.69) is 10.1 Å². The standard InChI is InChI=1S/C12H13N3O3/c1-7-6-9(16)11(12(17)18-7)8(2)14-10-4-5-13-15(10)3/h4-6,16H,1-3H3/b14-8+. The third-order valence-corrected chi connectivity index (χ3v) is 2.49. The Kier molecular flexibility index (Phi) is 3.01. The van der Waals surface area contributed by atoms with Crippen LogP contribution in [0.25, 0.3) is 0 Å². The lowest BCUT2D eigenvalue weighted by Gasteiger charge is -2.03. The van der Waals surface area contributed by atoms with Crippen LogP contribution in [0.4, 0.5) is 5.82 Å². The van der Waals surface area contributed by atoms with E-state index < -0.39 is 5.63 Å². The van der Waals surface area contributed by atoms with Crippen molar-refractivity contribution in [2.45, 2.75) is 13.8 Å². The minimum Gasteiger partial charge on any atom is -0.507 e. The smallest absolute Gasteiger partial charge is 0.348 e. The molecule has 0 aliphatic carbocycles. The van der Waals surface area contributed by atoms with Gasteiger partial charge in [0.2, 0.25) is 0 Å². The number of hydrogen-bond acceptors (Lipinski definition) is 5. The fourth-order valence-corrected chi connectivity index (χ4v) is 1.63. The first-order valence-corrected chi connectivity index (χ1v) is 5.36. The minimum atomic E-state index is -0.601. The van der Waals surface area contributed by atoms with E-state index in [0.717, 1.165) is 0 Å². The quantitative estimate of drug-likeness (QED) is 0.816. The van der Waals surface area contributed by atoms with E-state index >= 15 is 0 Å². The first-order chi connectivity index (χ1) is 8.49. The Morgan fingerprint density at radius 3 is 2.83 bits per heavy atom. The summed E-state index contributed by atoms with van der Waals surface area (Å²) in [7, 11) is 1.74. The van der Waals surface area contributed by atoms with E-state index in [-0.39, 0.29) is 11.3 Å². The summed E-state index contributed by atoms with van der Waals surface area (Å²) in [5.74, 6) is 0.814.